The second-order valence-corrected chi connectivity index (χ2v) is 8.10. The molecule has 3 rings (SSSR count). The van der Waals surface area contributed by atoms with Crippen LogP contribution in [0.2, 0.25) is 5.02 Å². The van der Waals surface area contributed by atoms with E-state index in [9.17, 15) is 9.18 Å². The molecule has 1 fully saturated rings. The van der Waals surface area contributed by atoms with E-state index in [4.69, 9.17) is 22.1 Å². The zero-order valence-corrected chi connectivity index (χ0v) is 15.9. The first kappa shape index (κ1) is 18.8. The van der Waals surface area contributed by atoms with Crippen molar-refractivity contribution in [2.75, 3.05) is 13.1 Å². The van der Waals surface area contributed by atoms with Gasteiger partial charge in [-0.25, -0.2) is 14.2 Å². The number of nitrogens with zero attached hydrogens (tertiary/aromatic N) is 2. The van der Waals surface area contributed by atoms with Crippen molar-refractivity contribution in [3.63, 3.8) is 0 Å². The minimum absolute atomic E-state index is 0.0139. The molecule has 2 aliphatic heterocycles. The Morgan fingerprint density at radius 1 is 1.46 bits per heavy atom. The van der Waals surface area contributed by atoms with E-state index in [0.29, 0.717) is 41.7 Å². The van der Waals surface area contributed by atoms with Crippen LogP contribution in [0.1, 0.15) is 44.2 Å². The summed E-state index contributed by atoms with van der Waals surface area (Å²) >= 11 is 6.40. The molecule has 0 aliphatic carbocycles. The highest BCUT2D eigenvalue weighted by Gasteiger charge is 2.35. The summed E-state index contributed by atoms with van der Waals surface area (Å²) in [7, 11) is 0. The molecule has 8 heteroatoms. The van der Waals surface area contributed by atoms with Gasteiger partial charge in [0.05, 0.1) is 12.2 Å². The first-order chi connectivity index (χ1) is 12.1. The van der Waals surface area contributed by atoms with Crippen LogP contribution in [0.5, 0.6) is 0 Å². The number of alkyl halides is 1. The first-order valence-corrected chi connectivity index (χ1v) is 9.04. The summed E-state index contributed by atoms with van der Waals surface area (Å²) < 4.78 is 20.2. The van der Waals surface area contributed by atoms with E-state index in [-0.39, 0.29) is 6.54 Å². The number of halogens is 2. The highest BCUT2D eigenvalue weighted by Crippen LogP contribution is 2.39. The number of benzene rings is 1. The normalized spacial score (nSPS) is 23.0. The summed E-state index contributed by atoms with van der Waals surface area (Å²) in [5.74, 6) is -0.0555. The Bertz CT molecular complexity index is 747. The van der Waals surface area contributed by atoms with Crippen LogP contribution in [0.15, 0.2) is 17.1 Å². The van der Waals surface area contributed by atoms with Gasteiger partial charge in [0.1, 0.15) is 11.8 Å². The molecule has 2 heterocycles. The molecule has 0 radical (unpaired) electrons. The average molecular weight is 383 g/mol. The van der Waals surface area contributed by atoms with E-state index >= 15 is 0 Å². The topological polar surface area (TPSA) is 80.0 Å². The molecule has 0 aromatic heterocycles. The Morgan fingerprint density at radius 2 is 2.19 bits per heavy atom. The van der Waals surface area contributed by atoms with Crippen molar-refractivity contribution < 1.29 is 13.9 Å². The fourth-order valence-electron chi connectivity index (χ4n) is 3.25. The third kappa shape index (κ3) is 4.03. The summed E-state index contributed by atoms with van der Waals surface area (Å²) in [4.78, 5) is 17.9. The molecule has 1 aromatic carbocycles. The van der Waals surface area contributed by atoms with Crippen LogP contribution < -0.4 is 11.1 Å². The SMILES string of the molecule is CC(C)(C)OC(=O)N1CC[C@@H](c2cc3c(cc2Cl)CNC(N)=N3)[C@H](F)C1. The molecule has 26 heavy (non-hydrogen) atoms. The largest absolute Gasteiger partial charge is 0.444 e. The van der Waals surface area contributed by atoms with Gasteiger partial charge in [0.15, 0.2) is 5.96 Å². The fraction of sp³-hybridized carbons (Fsp3) is 0.556. The van der Waals surface area contributed by atoms with E-state index in [0.717, 1.165) is 5.56 Å². The highest BCUT2D eigenvalue weighted by molar-refractivity contribution is 6.31. The Morgan fingerprint density at radius 3 is 2.85 bits per heavy atom. The van der Waals surface area contributed by atoms with Crippen molar-refractivity contribution in [2.24, 2.45) is 10.7 Å². The highest BCUT2D eigenvalue weighted by atomic mass is 35.5. The lowest BCUT2D eigenvalue weighted by Gasteiger charge is -2.36. The Kier molecular flexibility index (Phi) is 5.01. The Balaban J connectivity index is 1.76. The molecule has 0 unspecified atom stereocenters. The summed E-state index contributed by atoms with van der Waals surface area (Å²) in [5, 5.41) is 3.46. The van der Waals surface area contributed by atoms with Crippen molar-refractivity contribution in [3.05, 3.63) is 28.3 Å². The van der Waals surface area contributed by atoms with Crippen molar-refractivity contribution in [1.29, 1.82) is 0 Å². The predicted molar refractivity (Wildman–Crippen MR) is 99.6 cm³/mol. The number of nitrogens with one attached hydrogen (secondary N) is 1. The van der Waals surface area contributed by atoms with Gasteiger partial charge in [0.25, 0.3) is 0 Å². The molecule has 1 aromatic rings. The number of hydrogen-bond donors (Lipinski definition) is 2. The first-order valence-electron chi connectivity index (χ1n) is 8.66. The van der Waals surface area contributed by atoms with Gasteiger partial charge in [-0.1, -0.05) is 11.6 Å². The van der Waals surface area contributed by atoms with Gasteiger partial charge in [-0.3, -0.25) is 0 Å². The quantitative estimate of drug-likeness (QED) is 0.779. The van der Waals surface area contributed by atoms with Crippen molar-refractivity contribution >= 4 is 29.3 Å². The van der Waals surface area contributed by atoms with Crippen molar-refractivity contribution in [1.82, 2.24) is 10.2 Å². The predicted octanol–water partition coefficient (Wildman–Crippen LogP) is 3.45. The van der Waals surface area contributed by atoms with Gasteiger partial charge in [-0.15, -0.1) is 0 Å². The summed E-state index contributed by atoms with van der Waals surface area (Å²) in [5.41, 5.74) is 7.46. The van der Waals surface area contributed by atoms with Crippen LogP contribution in [0.4, 0.5) is 14.9 Å². The van der Waals surface area contributed by atoms with Crippen LogP contribution in [-0.4, -0.2) is 41.8 Å². The molecule has 1 amide bonds. The maximum atomic E-state index is 14.9. The van der Waals surface area contributed by atoms with Gasteiger partial charge < -0.3 is 20.7 Å². The molecule has 0 spiro atoms. The number of guanidine groups is 1. The number of nitrogens with two attached hydrogens (primary N) is 1. The van der Waals surface area contributed by atoms with E-state index in [1.807, 2.05) is 12.1 Å². The molecule has 3 N–H and O–H groups in total. The second-order valence-electron chi connectivity index (χ2n) is 7.69. The number of carbonyl (C=O) groups excluding carboxylic acids is 1. The van der Waals surface area contributed by atoms with E-state index in [1.165, 1.54) is 4.90 Å². The molecular weight excluding hydrogens is 359 g/mol. The number of amides is 1. The monoisotopic (exact) mass is 382 g/mol. The molecule has 2 aliphatic rings. The van der Waals surface area contributed by atoms with Gasteiger partial charge in [-0.05, 0) is 50.5 Å². The van der Waals surface area contributed by atoms with Crippen LogP contribution in [0.3, 0.4) is 0 Å². The van der Waals surface area contributed by atoms with Crippen molar-refractivity contribution in [3.8, 4) is 0 Å². The Labute approximate surface area is 157 Å². The Hall–Kier alpha value is -2.02. The minimum Gasteiger partial charge on any atom is -0.444 e. The van der Waals surface area contributed by atoms with Crippen LogP contribution in [-0.2, 0) is 11.3 Å². The molecule has 6 nitrogen and oxygen atoms in total. The van der Waals surface area contributed by atoms with Crippen LogP contribution in [0.25, 0.3) is 0 Å². The zero-order valence-electron chi connectivity index (χ0n) is 15.2. The average Bonchev–Trinajstić information content (AvgIpc) is 2.53. The van der Waals surface area contributed by atoms with Crippen LogP contribution in [0, 0.1) is 0 Å². The van der Waals surface area contributed by atoms with Gasteiger partial charge >= 0.3 is 6.09 Å². The van der Waals surface area contributed by atoms with Crippen LogP contribution >= 0.6 is 11.6 Å². The maximum Gasteiger partial charge on any atom is 0.410 e. The van der Waals surface area contributed by atoms with Gasteiger partial charge in [0.2, 0.25) is 0 Å². The molecule has 0 saturated carbocycles. The van der Waals surface area contributed by atoms with Crippen molar-refractivity contribution in [2.45, 2.75) is 51.4 Å². The summed E-state index contributed by atoms with van der Waals surface area (Å²) in [6.45, 7) is 6.32. The molecule has 142 valence electrons. The maximum absolute atomic E-state index is 14.9. The van der Waals surface area contributed by atoms with Gasteiger partial charge in [-0.2, -0.15) is 0 Å². The van der Waals surface area contributed by atoms with E-state index in [1.54, 1.807) is 20.8 Å². The third-order valence-corrected chi connectivity index (χ3v) is 4.82. The fourth-order valence-corrected chi connectivity index (χ4v) is 3.58. The number of piperidine rings is 1. The van der Waals surface area contributed by atoms with E-state index < -0.39 is 23.8 Å². The number of fused-ring (bicyclic) bond motifs is 1. The number of rotatable bonds is 1. The van der Waals surface area contributed by atoms with Gasteiger partial charge in [0, 0.05) is 24.0 Å². The number of carbonyl (C=O) groups is 1. The zero-order chi connectivity index (χ0) is 19.1. The standard InChI is InChI=1S/C18H24ClFN4O2/c1-18(2,3)26-17(25)24-5-4-11(14(20)9-24)12-7-15-10(6-13(12)19)8-22-16(21)23-15/h6-7,11,14H,4-5,8-9H2,1-3H3,(H3,21,22,23)/t11-,14+/m0/s1. The molecule has 1 saturated heterocycles. The number of hydrogen-bond acceptors (Lipinski definition) is 5. The summed E-state index contributed by atoms with van der Waals surface area (Å²) in [6.07, 6.45) is -1.25. The second kappa shape index (κ2) is 6.95. The lowest BCUT2D eigenvalue weighted by Crippen LogP contribution is -2.46. The molecule has 2 atom stereocenters. The number of ether oxygens (including phenoxy) is 1. The van der Waals surface area contributed by atoms with E-state index in [2.05, 4.69) is 10.3 Å². The molecule has 0 bridgehead atoms. The third-order valence-electron chi connectivity index (χ3n) is 4.49. The number of likely N-dealkylation sites (tertiary alicyclic amines) is 1. The lowest BCUT2D eigenvalue weighted by molar-refractivity contribution is 0.0111. The lowest BCUT2D eigenvalue weighted by atomic mass is 9.87. The summed E-state index contributed by atoms with van der Waals surface area (Å²) in [6, 6.07) is 3.62. The molecular formula is C18H24ClFN4O2. The minimum atomic E-state index is -1.23. The smallest absolute Gasteiger partial charge is 0.410 e. The number of aliphatic imine (C=N–C) groups is 1.